The van der Waals surface area contributed by atoms with Gasteiger partial charge in [0.25, 0.3) is 0 Å². The van der Waals surface area contributed by atoms with Crippen molar-refractivity contribution >= 4 is 29.3 Å². The zero-order valence-corrected chi connectivity index (χ0v) is 22.6. The van der Waals surface area contributed by atoms with Crippen molar-refractivity contribution in [1.29, 1.82) is 0 Å². The Morgan fingerprint density at radius 1 is 1.14 bits per heavy atom. The van der Waals surface area contributed by atoms with Gasteiger partial charge in [0.05, 0.1) is 6.42 Å². The summed E-state index contributed by atoms with van der Waals surface area (Å²) in [7, 11) is 3.55. The summed E-state index contributed by atoms with van der Waals surface area (Å²) in [5.41, 5.74) is 2.12. The molecule has 192 valence electrons. The third-order valence-electron chi connectivity index (χ3n) is 6.52. The van der Waals surface area contributed by atoms with Gasteiger partial charge in [-0.05, 0) is 55.6 Å². The van der Waals surface area contributed by atoms with Crippen molar-refractivity contribution in [3.63, 3.8) is 0 Å². The maximum atomic E-state index is 12.8. The fourth-order valence-corrected chi connectivity index (χ4v) is 4.63. The Labute approximate surface area is 214 Å². The van der Waals surface area contributed by atoms with Crippen LogP contribution in [0.3, 0.4) is 0 Å². The SMILES string of the molecule is C=C(/C=C\C(=C/C)NC(=O)C1CCC(C(C)(C)C)CC1)Cc1nc(Cl)c(CC(=O)O)c(N(C)C)n1. The van der Waals surface area contributed by atoms with E-state index in [0.29, 0.717) is 29.5 Å². The smallest absolute Gasteiger partial charge is 0.308 e. The average molecular weight is 503 g/mol. The molecule has 1 aromatic heterocycles. The number of rotatable bonds is 9. The lowest BCUT2D eigenvalue weighted by Crippen LogP contribution is -2.34. The molecule has 35 heavy (non-hydrogen) atoms. The van der Waals surface area contributed by atoms with E-state index in [1.165, 1.54) is 0 Å². The second kappa shape index (κ2) is 12.3. The number of amides is 1. The van der Waals surface area contributed by atoms with Crippen LogP contribution >= 0.6 is 11.6 Å². The molecule has 0 bridgehead atoms. The van der Waals surface area contributed by atoms with Crippen LogP contribution in [-0.2, 0) is 22.4 Å². The van der Waals surface area contributed by atoms with E-state index in [-0.39, 0.29) is 28.8 Å². The molecule has 0 saturated heterocycles. The number of carbonyl (C=O) groups excluding carboxylic acids is 1. The van der Waals surface area contributed by atoms with Gasteiger partial charge in [0.15, 0.2) is 0 Å². The molecule has 7 nitrogen and oxygen atoms in total. The minimum atomic E-state index is -0.998. The number of anilines is 1. The number of aromatic nitrogens is 2. The normalized spacial score (nSPS) is 19.0. The number of nitrogens with zero attached hydrogens (tertiary/aromatic N) is 3. The number of carboxylic acid groups (broad SMARTS) is 1. The molecule has 0 atom stereocenters. The van der Waals surface area contributed by atoms with E-state index >= 15 is 0 Å². The van der Waals surface area contributed by atoms with E-state index in [9.17, 15) is 9.59 Å². The van der Waals surface area contributed by atoms with Gasteiger partial charge in [0.1, 0.15) is 16.8 Å². The number of aliphatic carboxylic acids is 1. The Morgan fingerprint density at radius 3 is 2.29 bits per heavy atom. The molecule has 2 N–H and O–H groups in total. The first-order chi connectivity index (χ1) is 16.3. The van der Waals surface area contributed by atoms with Crippen LogP contribution in [0.2, 0.25) is 5.15 Å². The van der Waals surface area contributed by atoms with Gasteiger partial charge in [0.2, 0.25) is 5.91 Å². The lowest BCUT2D eigenvalue weighted by atomic mass is 9.69. The van der Waals surface area contributed by atoms with Gasteiger partial charge in [0, 0.05) is 37.7 Å². The maximum Gasteiger partial charge on any atom is 0.308 e. The molecular weight excluding hydrogens is 464 g/mol. The summed E-state index contributed by atoms with van der Waals surface area (Å²) >= 11 is 6.28. The predicted molar refractivity (Wildman–Crippen MR) is 141 cm³/mol. The molecule has 2 rings (SSSR count). The van der Waals surface area contributed by atoms with Crippen LogP contribution in [0.1, 0.15) is 64.8 Å². The van der Waals surface area contributed by atoms with E-state index in [1.54, 1.807) is 19.0 Å². The summed E-state index contributed by atoms with van der Waals surface area (Å²) in [5, 5.41) is 12.3. The number of carboxylic acids is 1. The van der Waals surface area contributed by atoms with Crippen LogP contribution in [0.15, 0.2) is 36.1 Å². The third-order valence-corrected chi connectivity index (χ3v) is 6.83. The van der Waals surface area contributed by atoms with Crippen LogP contribution in [-0.4, -0.2) is 41.0 Å². The second-order valence-electron chi connectivity index (χ2n) is 10.5. The zero-order valence-electron chi connectivity index (χ0n) is 21.8. The topological polar surface area (TPSA) is 95.4 Å². The number of nitrogens with one attached hydrogen (secondary N) is 1. The van der Waals surface area contributed by atoms with Crippen molar-refractivity contribution in [3.05, 3.63) is 52.6 Å². The molecule has 1 amide bonds. The van der Waals surface area contributed by atoms with Crippen LogP contribution in [0, 0.1) is 17.3 Å². The van der Waals surface area contributed by atoms with E-state index in [4.69, 9.17) is 16.7 Å². The molecule has 0 aromatic carbocycles. The molecule has 0 unspecified atom stereocenters. The first-order valence-corrected chi connectivity index (χ1v) is 12.5. The van der Waals surface area contributed by atoms with Crippen molar-refractivity contribution in [2.24, 2.45) is 17.3 Å². The Bertz CT molecular complexity index is 1000. The molecule has 1 aromatic rings. The molecular formula is C27H39ClN4O3. The monoisotopic (exact) mass is 502 g/mol. The Balaban J connectivity index is 2.00. The van der Waals surface area contributed by atoms with Gasteiger partial charge in [-0.1, -0.05) is 51.1 Å². The fourth-order valence-electron chi connectivity index (χ4n) is 4.39. The molecule has 1 saturated carbocycles. The summed E-state index contributed by atoms with van der Waals surface area (Å²) < 4.78 is 0. The van der Waals surface area contributed by atoms with Crippen LogP contribution in [0.5, 0.6) is 0 Å². The molecule has 1 aliphatic rings. The Morgan fingerprint density at radius 2 is 1.77 bits per heavy atom. The lowest BCUT2D eigenvalue weighted by Gasteiger charge is -2.36. The highest BCUT2D eigenvalue weighted by atomic mass is 35.5. The van der Waals surface area contributed by atoms with Crippen molar-refractivity contribution in [1.82, 2.24) is 15.3 Å². The van der Waals surface area contributed by atoms with Crippen molar-refractivity contribution in [2.75, 3.05) is 19.0 Å². The van der Waals surface area contributed by atoms with Crippen molar-refractivity contribution < 1.29 is 14.7 Å². The van der Waals surface area contributed by atoms with Gasteiger partial charge in [-0.15, -0.1) is 0 Å². The summed E-state index contributed by atoms with van der Waals surface area (Å²) in [4.78, 5) is 34.5. The Kier molecular flexibility index (Phi) is 10.1. The van der Waals surface area contributed by atoms with Crippen molar-refractivity contribution in [3.8, 4) is 0 Å². The highest BCUT2D eigenvalue weighted by Crippen LogP contribution is 2.39. The molecule has 0 aliphatic heterocycles. The number of allylic oxidation sites excluding steroid dienone is 4. The molecule has 1 fully saturated rings. The van der Waals surface area contributed by atoms with Gasteiger partial charge in [-0.3, -0.25) is 9.59 Å². The van der Waals surface area contributed by atoms with Crippen LogP contribution in [0.4, 0.5) is 5.82 Å². The summed E-state index contributed by atoms with van der Waals surface area (Å²) in [6.45, 7) is 12.8. The van der Waals surface area contributed by atoms with E-state index in [0.717, 1.165) is 37.0 Å². The van der Waals surface area contributed by atoms with Crippen LogP contribution in [0.25, 0.3) is 0 Å². The number of hydrogen-bond donors (Lipinski definition) is 2. The van der Waals surface area contributed by atoms with E-state index in [1.807, 2.05) is 25.2 Å². The highest BCUT2D eigenvalue weighted by molar-refractivity contribution is 6.30. The minimum Gasteiger partial charge on any atom is -0.481 e. The first kappa shape index (κ1) is 28.6. The standard InChI is InChI=1S/C27H39ClN4O3/c1-8-20(29-26(35)18-10-12-19(13-11-18)27(3,4)5)14-9-17(2)15-22-30-24(28)21(16-23(33)34)25(31-22)32(6)7/h8-9,14,18-19H,2,10-13,15-16H2,1,3-7H3,(H,29,35)(H,33,34)/b14-9-,20-8+. The quantitative estimate of drug-likeness (QED) is 0.349. The minimum absolute atomic E-state index is 0.0458. The summed E-state index contributed by atoms with van der Waals surface area (Å²) in [6, 6.07) is 0. The highest BCUT2D eigenvalue weighted by Gasteiger charge is 2.32. The average Bonchev–Trinajstić information content (AvgIpc) is 2.77. The Hall–Kier alpha value is -2.67. The molecule has 1 aliphatic carbocycles. The molecule has 0 radical (unpaired) electrons. The van der Waals surface area contributed by atoms with E-state index < -0.39 is 5.97 Å². The van der Waals surface area contributed by atoms with Gasteiger partial charge in [-0.25, -0.2) is 9.97 Å². The fraction of sp³-hybridized carbons (Fsp3) is 0.556. The number of hydrogen-bond acceptors (Lipinski definition) is 5. The first-order valence-electron chi connectivity index (χ1n) is 12.1. The van der Waals surface area contributed by atoms with Crippen LogP contribution < -0.4 is 10.2 Å². The van der Waals surface area contributed by atoms with E-state index in [2.05, 4.69) is 42.6 Å². The third kappa shape index (κ3) is 8.49. The summed E-state index contributed by atoms with van der Waals surface area (Å²) in [6.07, 6.45) is 9.61. The number of halogens is 1. The van der Waals surface area contributed by atoms with Gasteiger partial charge in [-0.2, -0.15) is 0 Å². The maximum absolute atomic E-state index is 12.8. The summed E-state index contributed by atoms with van der Waals surface area (Å²) in [5.74, 6) is 0.704. The lowest BCUT2D eigenvalue weighted by molar-refractivity contribution is -0.136. The molecule has 0 spiro atoms. The van der Waals surface area contributed by atoms with Crippen molar-refractivity contribution in [2.45, 2.75) is 66.2 Å². The van der Waals surface area contributed by atoms with Gasteiger partial charge < -0.3 is 15.3 Å². The number of carbonyl (C=O) groups is 2. The largest absolute Gasteiger partial charge is 0.481 e. The van der Waals surface area contributed by atoms with Gasteiger partial charge >= 0.3 is 5.97 Å². The molecule has 8 heteroatoms. The zero-order chi connectivity index (χ0) is 26.3. The predicted octanol–water partition coefficient (Wildman–Crippen LogP) is 5.35. The molecule has 1 heterocycles. The second-order valence-corrected chi connectivity index (χ2v) is 10.9.